The largest absolute Gasteiger partial charge is 0.480 e. The number of benzene rings is 1. The van der Waals surface area contributed by atoms with Crippen LogP contribution in [0.3, 0.4) is 0 Å². The first-order chi connectivity index (χ1) is 9.75. The molecule has 0 spiro atoms. The van der Waals surface area contributed by atoms with Gasteiger partial charge in [-0.15, -0.1) is 0 Å². The molecule has 1 aliphatic heterocycles. The Kier molecular flexibility index (Phi) is 3.79. The van der Waals surface area contributed by atoms with Gasteiger partial charge in [-0.3, -0.25) is 4.90 Å². The average molecular weight is 273 g/mol. The van der Waals surface area contributed by atoms with Crippen molar-refractivity contribution in [1.29, 1.82) is 0 Å². The highest BCUT2D eigenvalue weighted by atomic mass is 16.4. The summed E-state index contributed by atoms with van der Waals surface area (Å²) in [4.78, 5) is 14.5. The topological polar surface area (TPSA) is 40.5 Å². The Balaban J connectivity index is 2.11. The van der Waals surface area contributed by atoms with Crippen molar-refractivity contribution in [2.75, 3.05) is 13.1 Å². The summed E-state index contributed by atoms with van der Waals surface area (Å²) in [5, 5.41) is 10.1. The lowest BCUT2D eigenvalue weighted by Gasteiger charge is -2.43. The molecule has 2 aliphatic rings. The summed E-state index contributed by atoms with van der Waals surface area (Å²) in [6.07, 6.45) is 7.33. The summed E-state index contributed by atoms with van der Waals surface area (Å²) < 4.78 is 0. The van der Waals surface area contributed by atoms with E-state index in [0.717, 1.165) is 57.2 Å². The lowest BCUT2D eigenvalue weighted by Crippen LogP contribution is -2.54. The van der Waals surface area contributed by atoms with Crippen molar-refractivity contribution in [1.82, 2.24) is 4.90 Å². The number of carboxylic acids is 1. The van der Waals surface area contributed by atoms with Gasteiger partial charge >= 0.3 is 5.97 Å². The molecule has 0 aromatic heterocycles. The van der Waals surface area contributed by atoms with Crippen molar-refractivity contribution >= 4 is 5.97 Å². The number of fused-ring (bicyclic) bond motifs is 1. The molecular weight excluding hydrogens is 250 g/mol. The fourth-order valence-electron chi connectivity index (χ4n) is 3.93. The van der Waals surface area contributed by atoms with Crippen molar-refractivity contribution in [3.63, 3.8) is 0 Å². The number of aryl methyl sites for hydroxylation is 1. The van der Waals surface area contributed by atoms with E-state index in [1.165, 1.54) is 12.0 Å². The third-order valence-corrected chi connectivity index (χ3v) is 4.95. The molecule has 1 aromatic carbocycles. The number of hydrogen-bond acceptors (Lipinski definition) is 2. The molecule has 108 valence electrons. The highest BCUT2D eigenvalue weighted by Crippen LogP contribution is 2.40. The van der Waals surface area contributed by atoms with E-state index < -0.39 is 11.5 Å². The number of likely N-dealkylation sites (tertiary alicyclic amines) is 1. The molecule has 3 rings (SSSR count). The Morgan fingerprint density at radius 1 is 1.05 bits per heavy atom. The average Bonchev–Trinajstić information content (AvgIpc) is 2.68. The van der Waals surface area contributed by atoms with E-state index in [-0.39, 0.29) is 0 Å². The predicted octanol–water partition coefficient (Wildman–Crippen LogP) is 3.18. The number of carboxylic acid groups (broad SMARTS) is 1. The van der Waals surface area contributed by atoms with Gasteiger partial charge in [-0.2, -0.15) is 0 Å². The minimum Gasteiger partial charge on any atom is -0.480 e. The molecule has 0 amide bonds. The first kappa shape index (κ1) is 13.6. The van der Waals surface area contributed by atoms with Gasteiger partial charge in [0.05, 0.1) is 0 Å². The zero-order valence-corrected chi connectivity index (χ0v) is 12.0. The first-order valence-corrected chi connectivity index (χ1v) is 7.82. The van der Waals surface area contributed by atoms with Gasteiger partial charge in [0.1, 0.15) is 5.54 Å². The third kappa shape index (κ3) is 2.14. The van der Waals surface area contributed by atoms with Crippen LogP contribution in [0.5, 0.6) is 0 Å². The lowest BCUT2D eigenvalue weighted by molar-refractivity contribution is -0.154. The summed E-state index contributed by atoms with van der Waals surface area (Å²) in [6.45, 7) is 1.83. The zero-order valence-electron chi connectivity index (χ0n) is 12.0. The molecule has 1 aromatic rings. The second-order valence-electron chi connectivity index (χ2n) is 6.08. The van der Waals surface area contributed by atoms with Crippen LogP contribution in [0.4, 0.5) is 0 Å². The van der Waals surface area contributed by atoms with Crippen LogP contribution in [-0.2, 0) is 16.8 Å². The number of hydrogen-bond donors (Lipinski definition) is 1. The Morgan fingerprint density at radius 2 is 1.80 bits per heavy atom. The molecule has 3 nitrogen and oxygen atoms in total. The van der Waals surface area contributed by atoms with Crippen molar-refractivity contribution in [3.05, 3.63) is 35.4 Å². The van der Waals surface area contributed by atoms with Gasteiger partial charge in [0.2, 0.25) is 0 Å². The monoisotopic (exact) mass is 273 g/mol. The van der Waals surface area contributed by atoms with Gasteiger partial charge in [0.25, 0.3) is 0 Å². The van der Waals surface area contributed by atoms with Crippen LogP contribution < -0.4 is 0 Å². The minimum absolute atomic E-state index is 0.659. The number of nitrogens with zero attached hydrogens (tertiary/aromatic N) is 1. The van der Waals surface area contributed by atoms with Crippen LogP contribution in [0.25, 0.3) is 0 Å². The van der Waals surface area contributed by atoms with Crippen LogP contribution in [0, 0.1) is 0 Å². The van der Waals surface area contributed by atoms with Crippen LogP contribution >= 0.6 is 0 Å². The fraction of sp³-hybridized carbons (Fsp3) is 0.588. The molecule has 20 heavy (non-hydrogen) atoms. The van der Waals surface area contributed by atoms with Gasteiger partial charge in [0, 0.05) is 0 Å². The normalized spacial score (nSPS) is 27.6. The minimum atomic E-state index is -0.784. The van der Waals surface area contributed by atoms with Crippen LogP contribution in [0.1, 0.15) is 49.7 Å². The van der Waals surface area contributed by atoms with E-state index in [1.54, 1.807) is 0 Å². The highest BCUT2D eigenvalue weighted by Gasteiger charge is 2.47. The van der Waals surface area contributed by atoms with Gasteiger partial charge < -0.3 is 5.11 Å². The molecule has 1 atom stereocenters. The summed E-state index contributed by atoms with van der Waals surface area (Å²) in [7, 11) is 0. The van der Waals surface area contributed by atoms with E-state index in [9.17, 15) is 9.90 Å². The maximum atomic E-state index is 12.2. The Bertz CT molecular complexity index is 494. The molecule has 1 heterocycles. The standard InChI is InChI=1S/C17H23NO2/c19-16(20)17(18-12-6-1-7-13-18)11-5-4-9-14-8-2-3-10-15(14)17/h2-3,8,10H,1,4-7,9,11-13H2,(H,19,20). The smallest absolute Gasteiger partial charge is 0.328 e. The van der Waals surface area contributed by atoms with E-state index in [2.05, 4.69) is 11.0 Å². The summed E-state index contributed by atoms with van der Waals surface area (Å²) >= 11 is 0. The Morgan fingerprint density at radius 3 is 2.55 bits per heavy atom. The molecule has 1 fully saturated rings. The van der Waals surface area contributed by atoms with Crippen LogP contribution in [0.2, 0.25) is 0 Å². The van der Waals surface area contributed by atoms with Gasteiger partial charge in [-0.25, -0.2) is 4.79 Å². The number of carbonyl (C=O) groups is 1. The number of piperidine rings is 1. The molecule has 0 bridgehead atoms. The summed E-state index contributed by atoms with van der Waals surface area (Å²) in [6, 6.07) is 8.18. The summed E-state index contributed by atoms with van der Waals surface area (Å²) in [5.74, 6) is -0.659. The van der Waals surface area contributed by atoms with Gasteiger partial charge in [-0.1, -0.05) is 37.1 Å². The van der Waals surface area contributed by atoms with Gasteiger partial charge in [0.15, 0.2) is 0 Å². The molecule has 1 aliphatic carbocycles. The summed E-state index contributed by atoms with van der Waals surface area (Å²) in [5.41, 5.74) is 1.50. The zero-order chi connectivity index (χ0) is 14.0. The number of rotatable bonds is 2. The van der Waals surface area contributed by atoms with E-state index in [4.69, 9.17) is 0 Å². The van der Waals surface area contributed by atoms with Crippen molar-refractivity contribution in [3.8, 4) is 0 Å². The first-order valence-electron chi connectivity index (χ1n) is 7.82. The molecule has 1 N–H and O–H groups in total. The maximum Gasteiger partial charge on any atom is 0.328 e. The molecule has 3 heteroatoms. The molecule has 1 saturated heterocycles. The quantitative estimate of drug-likeness (QED) is 0.841. The third-order valence-electron chi connectivity index (χ3n) is 4.95. The SMILES string of the molecule is O=C(O)C1(N2CCCCC2)CCCCc2ccccc21. The van der Waals surface area contributed by atoms with Crippen molar-refractivity contribution < 1.29 is 9.90 Å². The van der Waals surface area contributed by atoms with Crippen molar-refractivity contribution in [2.45, 2.75) is 50.5 Å². The molecule has 0 radical (unpaired) electrons. The number of aliphatic carboxylic acids is 1. The van der Waals surface area contributed by atoms with E-state index >= 15 is 0 Å². The van der Waals surface area contributed by atoms with E-state index in [0.29, 0.717) is 0 Å². The molecular formula is C17H23NO2. The van der Waals surface area contributed by atoms with Crippen molar-refractivity contribution in [2.24, 2.45) is 0 Å². The Hall–Kier alpha value is -1.35. The maximum absolute atomic E-state index is 12.2. The van der Waals surface area contributed by atoms with Crippen LogP contribution in [0.15, 0.2) is 24.3 Å². The molecule has 1 unspecified atom stereocenters. The fourth-order valence-corrected chi connectivity index (χ4v) is 3.93. The lowest BCUT2D eigenvalue weighted by atomic mass is 9.81. The second-order valence-corrected chi connectivity index (χ2v) is 6.08. The van der Waals surface area contributed by atoms with E-state index in [1.807, 2.05) is 18.2 Å². The highest BCUT2D eigenvalue weighted by molar-refractivity contribution is 5.81. The van der Waals surface area contributed by atoms with Gasteiger partial charge in [-0.05, 0) is 56.3 Å². The predicted molar refractivity (Wildman–Crippen MR) is 78.7 cm³/mol. The van der Waals surface area contributed by atoms with Crippen LogP contribution in [-0.4, -0.2) is 29.1 Å². The molecule has 0 saturated carbocycles. The second kappa shape index (κ2) is 5.57. The Labute approximate surface area is 120 Å².